The smallest absolute Gasteiger partial charge is 0.0937 e. The molecule has 0 saturated carbocycles. The van der Waals surface area contributed by atoms with E-state index in [4.69, 9.17) is 0 Å². The largest absolute Gasteiger partial charge is 0.314 e. The molecule has 4 heteroatoms. The third kappa shape index (κ3) is 3.21. The number of hydrogen-bond acceptors (Lipinski definition) is 4. The van der Waals surface area contributed by atoms with E-state index < -0.39 is 0 Å². The van der Waals surface area contributed by atoms with Crippen molar-refractivity contribution in [3.63, 3.8) is 0 Å². The maximum atomic E-state index is 4.30. The predicted molar refractivity (Wildman–Crippen MR) is 79.6 cm³/mol. The molecule has 0 saturated heterocycles. The normalized spacial score (nSPS) is 18.2. The van der Waals surface area contributed by atoms with E-state index in [0.29, 0.717) is 6.04 Å². The molecule has 1 aromatic carbocycles. The second kappa shape index (κ2) is 6.28. The lowest BCUT2D eigenvalue weighted by Gasteiger charge is -2.27. The summed E-state index contributed by atoms with van der Waals surface area (Å²) in [6.45, 7) is 3.06. The van der Waals surface area contributed by atoms with Crippen molar-refractivity contribution in [3.05, 3.63) is 52.0 Å². The highest BCUT2D eigenvalue weighted by molar-refractivity contribution is 7.09. The van der Waals surface area contributed by atoms with E-state index in [1.807, 2.05) is 11.6 Å². The summed E-state index contributed by atoms with van der Waals surface area (Å²) in [5, 5.41) is 10.4. The fourth-order valence-corrected chi connectivity index (χ4v) is 3.21. The van der Waals surface area contributed by atoms with Crippen molar-refractivity contribution in [1.29, 1.82) is 0 Å². The fourth-order valence-electron chi connectivity index (χ4n) is 2.59. The van der Waals surface area contributed by atoms with Crippen molar-refractivity contribution in [1.82, 2.24) is 15.6 Å². The number of aromatic nitrogens is 1. The van der Waals surface area contributed by atoms with Gasteiger partial charge in [-0.25, -0.2) is 4.98 Å². The van der Waals surface area contributed by atoms with Crippen LogP contribution in [0.4, 0.5) is 0 Å². The number of nitrogens with zero attached hydrogens (tertiary/aromatic N) is 1. The topological polar surface area (TPSA) is 37.0 Å². The Morgan fingerprint density at radius 2 is 2.32 bits per heavy atom. The Labute approximate surface area is 118 Å². The molecule has 2 heterocycles. The molecule has 0 aliphatic carbocycles. The molecule has 2 aromatic rings. The Morgan fingerprint density at radius 1 is 1.37 bits per heavy atom. The lowest BCUT2D eigenvalue weighted by atomic mass is 9.94. The van der Waals surface area contributed by atoms with Crippen LogP contribution >= 0.6 is 11.3 Å². The van der Waals surface area contributed by atoms with E-state index in [1.54, 1.807) is 11.3 Å². The van der Waals surface area contributed by atoms with Crippen LogP contribution in [0.2, 0.25) is 0 Å². The molecule has 3 nitrogen and oxygen atoms in total. The molecule has 1 atom stereocenters. The Hall–Kier alpha value is -1.23. The molecule has 0 spiro atoms. The third-order valence-corrected chi connectivity index (χ3v) is 4.40. The molecule has 1 aliphatic rings. The van der Waals surface area contributed by atoms with Crippen molar-refractivity contribution in [2.75, 3.05) is 19.6 Å². The zero-order chi connectivity index (χ0) is 12.9. The minimum atomic E-state index is 0.446. The summed E-state index contributed by atoms with van der Waals surface area (Å²) in [5.41, 5.74) is 2.95. The average molecular weight is 273 g/mol. The second-order valence-electron chi connectivity index (χ2n) is 4.84. The first-order valence-corrected chi connectivity index (χ1v) is 7.72. The maximum absolute atomic E-state index is 4.30. The molecule has 19 heavy (non-hydrogen) atoms. The van der Waals surface area contributed by atoms with Gasteiger partial charge in [0.15, 0.2) is 0 Å². The first-order chi connectivity index (χ1) is 9.43. The van der Waals surface area contributed by atoms with Gasteiger partial charge in [-0.1, -0.05) is 24.3 Å². The van der Waals surface area contributed by atoms with Gasteiger partial charge in [0, 0.05) is 37.1 Å². The van der Waals surface area contributed by atoms with E-state index >= 15 is 0 Å². The molecule has 1 aliphatic heterocycles. The summed E-state index contributed by atoms with van der Waals surface area (Å²) in [5.74, 6) is 0. The van der Waals surface area contributed by atoms with Crippen LogP contribution in [-0.4, -0.2) is 24.6 Å². The highest BCUT2D eigenvalue weighted by Gasteiger charge is 2.18. The number of fused-ring (bicyclic) bond motifs is 1. The van der Waals surface area contributed by atoms with E-state index in [0.717, 1.165) is 32.5 Å². The molecule has 0 bridgehead atoms. The lowest BCUT2D eigenvalue weighted by Crippen LogP contribution is -2.37. The summed E-state index contributed by atoms with van der Waals surface area (Å²) in [6.07, 6.45) is 4.04. The van der Waals surface area contributed by atoms with Crippen molar-refractivity contribution >= 4 is 11.3 Å². The number of hydrogen-bond donors (Lipinski definition) is 2. The zero-order valence-electron chi connectivity index (χ0n) is 10.9. The van der Waals surface area contributed by atoms with Crippen LogP contribution in [0.15, 0.2) is 35.8 Å². The summed E-state index contributed by atoms with van der Waals surface area (Å²) < 4.78 is 0. The maximum Gasteiger partial charge on any atom is 0.0937 e. The molecule has 0 radical (unpaired) electrons. The van der Waals surface area contributed by atoms with Crippen LogP contribution in [0.1, 0.15) is 22.2 Å². The van der Waals surface area contributed by atoms with E-state index in [2.05, 4.69) is 39.9 Å². The van der Waals surface area contributed by atoms with E-state index in [-0.39, 0.29) is 0 Å². The van der Waals surface area contributed by atoms with Gasteiger partial charge in [0.1, 0.15) is 0 Å². The van der Waals surface area contributed by atoms with Crippen LogP contribution in [0.3, 0.4) is 0 Å². The highest BCUT2D eigenvalue weighted by atomic mass is 32.1. The Kier molecular flexibility index (Phi) is 4.23. The quantitative estimate of drug-likeness (QED) is 0.820. The first-order valence-electron chi connectivity index (χ1n) is 6.84. The first kappa shape index (κ1) is 12.8. The highest BCUT2D eigenvalue weighted by Crippen LogP contribution is 2.21. The van der Waals surface area contributed by atoms with Gasteiger partial charge >= 0.3 is 0 Å². The molecule has 3 rings (SSSR count). The number of benzene rings is 1. The van der Waals surface area contributed by atoms with E-state index in [1.165, 1.54) is 16.1 Å². The molecular weight excluding hydrogens is 254 g/mol. The minimum Gasteiger partial charge on any atom is -0.314 e. The molecular formula is C15H19N3S. The van der Waals surface area contributed by atoms with Crippen LogP contribution < -0.4 is 10.6 Å². The summed E-state index contributed by atoms with van der Waals surface area (Å²) in [4.78, 5) is 4.30. The molecule has 2 N–H and O–H groups in total. The van der Waals surface area contributed by atoms with Gasteiger partial charge in [-0.2, -0.15) is 0 Å². The van der Waals surface area contributed by atoms with Gasteiger partial charge in [0.2, 0.25) is 0 Å². The molecule has 0 amide bonds. The van der Waals surface area contributed by atoms with Crippen LogP contribution in [0.5, 0.6) is 0 Å². The van der Waals surface area contributed by atoms with Gasteiger partial charge in [-0.05, 0) is 24.1 Å². The average Bonchev–Trinajstić information content (AvgIpc) is 2.97. The SMILES string of the molecule is c1ccc2c(c1)CCNC2CNCCc1nccs1. The van der Waals surface area contributed by atoms with Gasteiger partial charge in [0.25, 0.3) is 0 Å². The van der Waals surface area contributed by atoms with Gasteiger partial charge in [0.05, 0.1) is 5.01 Å². The molecule has 0 fully saturated rings. The lowest BCUT2D eigenvalue weighted by molar-refractivity contribution is 0.470. The Balaban J connectivity index is 1.51. The van der Waals surface area contributed by atoms with Gasteiger partial charge < -0.3 is 10.6 Å². The summed E-state index contributed by atoms with van der Waals surface area (Å²) in [7, 11) is 0. The predicted octanol–water partition coefficient (Wildman–Crippen LogP) is 2.16. The van der Waals surface area contributed by atoms with Crippen LogP contribution in [0.25, 0.3) is 0 Å². The summed E-state index contributed by atoms with van der Waals surface area (Å²) in [6, 6.07) is 9.21. The monoisotopic (exact) mass is 273 g/mol. The third-order valence-electron chi connectivity index (χ3n) is 3.56. The van der Waals surface area contributed by atoms with Crippen LogP contribution in [-0.2, 0) is 12.8 Å². The van der Waals surface area contributed by atoms with Crippen LogP contribution in [0, 0.1) is 0 Å². The second-order valence-corrected chi connectivity index (χ2v) is 5.81. The van der Waals surface area contributed by atoms with Crippen molar-refractivity contribution in [2.24, 2.45) is 0 Å². The van der Waals surface area contributed by atoms with Crippen molar-refractivity contribution in [3.8, 4) is 0 Å². The molecule has 100 valence electrons. The van der Waals surface area contributed by atoms with Crippen molar-refractivity contribution in [2.45, 2.75) is 18.9 Å². The van der Waals surface area contributed by atoms with Gasteiger partial charge in [-0.15, -0.1) is 11.3 Å². The minimum absolute atomic E-state index is 0.446. The van der Waals surface area contributed by atoms with E-state index in [9.17, 15) is 0 Å². The number of nitrogens with one attached hydrogen (secondary N) is 2. The fraction of sp³-hybridized carbons (Fsp3) is 0.400. The Morgan fingerprint density at radius 3 is 3.21 bits per heavy atom. The molecule has 1 unspecified atom stereocenters. The molecule has 1 aromatic heterocycles. The van der Waals surface area contributed by atoms with Crippen molar-refractivity contribution < 1.29 is 0 Å². The van der Waals surface area contributed by atoms with Gasteiger partial charge in [-0.3, -0.25) is 0 Å². The standard InChI is InChI=1S/C15H19N3S/c1-2-4-13-12(3-1)5-8-17-14(13)11-16-7-6-15-18-9-10-19-15/h1-4,9-10,14,16-17H,5-8,11H2. The summed E-state index contributed by atoms with van der Waals surface area (Å²) >= 11 is 1.73. The zero-order valence-corrected chi connectivity index (χ0v) is 11.7. The number of thiazole rings is 1. The number of rotatable bonds is 5. The Bertz CT molecular complexity index is 510.